The molecule has 1 saturated heterocycles. The lowest BCUT2D eigenvalue weighted by molar-refractivity contribution is -0.133. The molecule has 3 heterocycles. The van der Waals surface area contributed by atoms with Crippen molar-refractivity contribution in [3.63, 3.8) is 0 Å². The highest BCUT2D eigenvalue weighted by Crippen LogP contribution is 2.24. The molecule has 29 heavy (non-hydrogen) atoms. The fraction of sp³-hybridized carbons (Fsp3) is 0.333. The Morgan fingerprint density at radius 3 is 2.55 bits per heavy atom. The maximum atomic E-state index is 12.9. The summed E-state index contributed by atoms with van der Waals surface area (Å²) >= 11 is 0. The van der Waals surface area contributed by atoms with Gasteiger partial charge in [-0.05, 0) is 55.3 Å². The van der Waals surface area contributed by atoms with E-state index in [-0.39, 0.29) is 5.91 Å². The molecule has 4 aromatic rings. The highest BCUT2D eigenvalue weighted by molar-refractivity contribution is 5.83. The number of hydrogen-bond donors (Lipinski definition) is 0. The van der Waals surface area contributed by atoms with Crippen LogP contribution < -0.4 is 0 Å². The van der Waals surface area contributed by atoms with Crippen LogP contribution in [0.4, 0.5) is 0 Å². The Hall–Kier alpha value is -3.08. The van der Waals surface area contributed by atoms with E-state index >= 15 is 0 Å². The van der Waals surface area contributed by atoms with Crippen LogP contribution >= 0.6 is 0 Å². The summed E-state index contributed by atoms with van der Waals surface area (Å²) in [5.74, 6) is 1.88. The Kier molecular flexibility index (Phi) is 4.58. The molecule has 2 aromatic carbocycles. The lowest BCUT2D eigenvalue weighted by atomic mass is 9.96. The Morgan fingerprint density at radius 2 is 1.72 bits per heavy atom. The summed E-state index contributed by atoms with van der Waals surface area (Å²) in [7, 11) is 0. The predicted molar refractivity (Wildman–Crippen MR) is 116 cm³/mol. The van der Waals surface area contributed by atoms with Crippen molar-refractivity contribution in [2.24, 2.45) is 5.92 Å². The summed E-state index contributed by atoms with van der Waals surface area (Å²) < 4.78 is 4.40. The number of carbonyl (C=O) groups excluding carboxylic acids is 1. The first-order valence-electron chi connectivity index (χ1n) is 10.4. The van der Waals surface area contributed by atoms with Gasteiger partial charge in [-0.25, -0.2) is 4.98 Å². The predicted octanol–water partition coefficient (Wildman–Crippen LogP) is 4.24. The molecule has 0 unspecified atom stereocenters. The highest BCUT2D eigenvalue weighted by atomic mass is 16.2. The Bertz CT molecular complexity index is 1160. The van der Waals surface area contributed by atoms with Crippen LogP contribution in [0.1, 0.15) is 18.7 Å². The molecule has 0 atom stereocenters. The van der Waals surface area contributed by atoms with Crippen molar-refractivity contribution in [1.29, 1.82) is 0 Å². The second kappa shape index (κ2) is 7.39. The molecular formula is C24H26N4O. The number of fused-ring (bicyclic) bond motifs is 2. The second-order valence-corrected chi connectivity index (χ2v) is 8.08. The molecule has 5 nitrogen and oxygen atoms in total. The van der Waals surface area contributed by atoms with Gasteiger partial charge in [0.05, 0.1) is 11.0 Å². The van der Waals surface area contributed by atoms with Crippen molar-refractivity contribution in [2.45, 2.75) is 32.9 Å². The highest BCUT2D eigenvalue weighted by Gasteiger charge is 2.24. The minimum Gasteiger partial charge on any atom is -0.341 e. The molecule has 2 aromatic heterocycles. The third kappa shape index (κ3) is 3.41. The van der Waals surface area contributed by atoms with Crippen LogP contribution in [-0.4, -0.2) is 38.0 Å². The van der Waals surface area contributed by atoms with E-state index < -0.39 is 0 Å². The molecule has 0 saturated carbocycles. The van der Waals surface area contributed by atoms with E-state index in [1.807, 2.05) is 29.3 Å². The number of aryl methyl sites for hydroxylation is 1. The monoisotopic (exact) mass is 386 g/mol. The molecule has 5 heteroatoms. The van der Waals surface area contributed by atoms with Gasteiger partial charge in [0.25, 0.3) is 0 Å². The van der Waals surface area contributed by atoms with Crippen LogP contribution in [0.25, 0.3) is 21.9 Å². The van der Waals surface area contributed by atoms with Crippen molar-refractivity contribution < 1.29 is 4.79 Å². The standard InChI is InChI=1S/C24H26N4O/c1-18-25-21-7-3-5-9-23(21)28(18)16-19-10-13-26(14-11-19)24(29)17-27-15-12-20-6-2-4-8-22(20)27/h2-9,12,15,19H,10-11,13-14,16-17H2,1H3. The lowest BCUT2D eigenvalue weighted by Gasteiger charge is -2.32. The van der Waals surface area contributed by atoms with Gasteiger partial charge in [0.2, 0.25) is 5.91 Å². The molecule has 0 spiro atoms. The van der Waals surface area contributed by atoms with E-state index in [9.17, 15) is 4.79 Å². The van der Waals surface area contributed by atoms with Crippen LogP contribution in [0.5, 0.6) is 0 Å². The minimum absolute atomic E-state index is 0.217. The van der Waals surface area contributed by atoms with Gasteiger partial charge in [0, 0.05) is 31.3 Å². The van der Waals surface area contributed by atoms with Crippen molar-refractivity contribution in [3.8, 4) is 0 Å². The molecule has 0 bridgehead atoms. The van der Waals surface area contributed by atoms with E-state index in [1.165, 1.54) is 10.9 Å². The van der Waals surface area contributed by atoms with Gasteiger partial charge >= 0.3 is 0 Å². The zero-order valence-electron chi connectivity index (χ0n) is 16.8. The maximum Gasteiger partial charge on any atom is 0.242 e. The molecule has 1 fully saturated rings. The second-order valence-electron chi connectivity index (χ2n) is 8.08. The number of aromatic nitrogens is 3. The average Bonchev–Trinajstić information content (AvgIpc) is 3.29. The van der Waals surface area contributed by atoms with E-state index in [1.54, 1.807) is 0 Å². The Morgan fingerprint density at radius 1 is 1.00 bits per heavy atom. The molecule has 1 aliphatic heterocycles. The van der Waals surface area contributed by atoms with E-state index in [0.717, 1.165) is 49.3 Å². The Labute approximate surface area is 170 Å². The topological polar surface area (TPSA) is 43.1 Å². The minimum atomic E-state index is 0.217. The number of para-hydroxylation sites is 3. The molecule has 5 rings (SSSR count). The summed E-state index contributed by atoms with van der Waals surface area (Å²) in [6, 6.07) is 18.6. The zero-order valence-corrected chi connectivity index (χ0v) is 16.8. The number of imidazole rings is 1. The molecule has 0 aliphatic carbocycles. The average molecular weight is 386 g/mol. The fourth-order valence-electron chi connectivity index (χ4n) is 4.57. The van der Waals surface area contributed by atoms with Crippen molar-refractivity contribution >= 4 is 27.8 Å². The summed E-state index contributed by atoms with van der Waals surface area (Å²) in [5, 5.41) is 1.18. The SMILES string of the molecule is Cc1nc2ccccc2n1CC1CCN(C(=O)Cn2ccc3ccccc32)CC1. The summed E-state index contributed by atoms with van der Waals surface area (Å²) in [4.78, 5) is 19.6. The first kappa shape index (κ1) is 18.0. The number of nitrogens with zero attached hydrogens (tertiary/aromatic N) is 4. The number of hydrogen-bond acceptors (Lipinski definition) is 2. The third-order valence-corrected chi connectivity index (χ3v) is 6.24. The van der Waals surface area contributed by atoms with Crippen molar-refractivity contribution in [1.82, 2.24) is 19.0 Å². The summed E-state index contributed by atoms with van der Waals surface area (Å²) in [5.41, 5.74) is 3.40. The van der Waals surface area contributed by atoms with Gasteiger partial charge in [-0.3, -0.25) is 4.79 Å². The van der Waals surface area contributed by atoms with Crippen LogP contribution in [-0.2, 0) is 17.9 Å². The molecule has 1 amide bonds. The van der Waals surface area contributed by atoms with E-state index in [4.69, 9.17) is 0 Å². The number of rotatable bonds is 4. The van der Waals surface area contributed by atoms with Gasteiger partial charge in [-0.2, -0.15) is 0 Å². The van der Waals surface area contributed by atoms with Gasteiger partial charge < -0.3 is 14.0 Å². The number of benzene rings is 2. The van der Waals surface area contributed by atoms with Gasteiger partial charge in [-0.15, -0.1) is 0 Å². The van der Waals surface area contributed by atoms with Crippen LogP contribution in [0.15, 0.2) is 60.8 Å². The third-order valence-electron chi connectivity index (χ3n) is 6.24. The smallest absolute Gasteiger partial charge is 0.242 e. The van der Waals surface area contributed by atoms with E-state index in [2.05, 4.69) is 57.4 Å². The van der Waals surface area contributed by atoms with Gasteiger partial charge in [-0.1, -0.05) is 30.3 Å². The van der Waals surface area contributed by atoms with Crippen molar-refractivity contribution in [3.05, 3.63) is 66.6 Å². The molecule has 0 radical (unpaired) electrons. The normalized spacial score (nSPS) is 15.4. The van der Waals surface area contributed by atoms with Gasteiger partial charge in [0.1, 0.15) is 12.4 Å². The number of carbonyl (C=O) groups is 1. The Balaban J connectivity index is 1.22. The van der Waals surface area contributed by atoms with Crippen molar-refractivity contribution in [2.75, 3.05) is 13.1 Å². The zero-order chi connectivity index (χ0) is 19.8. The first-order valence-corrected chi connectivity index (χ1v) is 10.4. The molecule has 1 aliphatic rings. The molecular weight excluding hydrogens is 360 g/mol. The fourth-order valence-corrected chi connectivity index (χ4v) is 4.57. The number of amides is 1. The lowest BCUT2D eigenvalue weighted by Crippen LogP contribution is -2.40. The quantitative estimate of drug-likeness (QED) is 0.527. The van der Waals surface area contributed by atoms with Gasteiger partial charge in [0.15, 0.2) is 0 Å². The van der Waals surface area contributed by atoms with Crippen LogP contribution in [0, 0.1) is 12.8 Å². The summed E-state index contributed by atoms with van der Waals surface area (Å²) in [6.07, 6.45) is 4.11. The number of piperidine rings is 1. The maximum absolute atomic E-state index is 12.9. The summed E-state index contributed by atoms with van der Waals surface area (Å²) in [6.45, 7) is 5.17. The first-order chi connectivity index (χ1) is 14.2. The van der Waals surface area contributed by atoms with Crippen LogP contribution in [0.2, 0.25) is 0 Å². The van der Waals surface area contributed by atoms with E-state index in [0.29, 0.717) is 12.5 Å². The molecule has 148 valence electrons. The number of likely N-dealkylation sites (tertiary alicyclic amines) is 1. The largest absolute Gasteiger partial charge is 0.341 e. The molecule has 0 N–H and O–H groups in total. The van der Waals surface area contributed by atoms with Crippen LogP contribution in [0.3, 0.4) is 0 Å².